The van der Waals surface area contributed by atoms with Gasteiger partial charge in [-0.25, -0.2) is 9.18 Å². The number of nitrogens with zero attached hydrogens (tertiary/aromatic N) is 1. The molecule has 0 N–H and O–H groups in total. The van der Waals surface area contributed by atoms with Gasteiger partial charge in [-0.15, -0.1) is 0 Å². The van der Waals surface area contributed by atoms with E-state index in [1.165, 1.54) is 19.4 Å². The third-order valence-corrected chi connectivity index (χ3v) is 2.78. The second kappa shape index (κ2) is 6.14. The molecule has 2 rings (SSSR count). The van der Waals surface area contributed by atoms with Crippen molar-refractivity contribution in [3.63, 3.8) is 0 Å². The third-order valence-electron chi connectivity index (χ3n) is 2.78. The van der Waals surface area contributed by atoms with E-state index in [2.05, 4.69) is 9.72 Å². The lowest BCUT2D eigenvalue weighted by molar-refractivity contribution is 0.0600. The van der Waals surface area contributed by atoms with Gasteiger partial charge < -0.3 is 9.47 Å². The van der Waals surface area contributed by atoms with E-state index in [0.717, 1.165) is 0 Å². The van der Waals surface area contributed by atoms with Crippen LogP contribution in [0.3, 0.4) is 0 Å². The number of halogens is 1. The maximum atomic E-state index is 13.3. The molecular weight excluding hydrogens is 261 g/mol. The smallest absolute Gasteiger partial charge is 0.339 e. The van der Waals surface area contributed by atoms with Crippen molar-refractivity contribution in [2.75, 3.05) is 7.11 Å². The SMILES string of the molecule is COC(=O)c1ccc(COc2ccc(C)c(F)c2)nc1. The number of aryl methyl sites for hydroxylation is 1. The summed E-state index contributed by atoms with van der Waals surface area (Å²) in [4.78, 5) is 15.3. The largest absolute Gasteiger partial charge is 0.487 e. The van der Waals surface area contributed by atoms with Crippen LogP contribution < -0.4 is 4.74 Å². The number of methoxy groups -OCH3 is 1. The first-order valence-corrected chi connectivity index (χ1v) is 6.02. The number of ether oxygens (including phenoxy) is 2. The van der Waals surface area contributed by atoms with Crippen LogP contribution in [0.1, 0.15) is 21.6 Å². The zero-order valence-corrected chi connectivity index (χ0v) is 11.2. The fourth-order valence-electron chi connectivity index (χ4n) is 1.57. The Labute approximate surface area is 116 Å². The summed E-state index contributed by atoms with van der Waals surface area (Å²) >= 11 is 0. The summed E-state index contributed by atoms with van der Waals surface area (Å²) in [6, 6.07) is 7.95. The Morgan fingerprint density at radius 1 is 1.30 bits per heavy atom. The van der Waals surface area contributed by atoms with Crippen molar-refractivity contribution in [2.45, 2.75) is 13.5 Å². The van der Waals surface area contributed by atoms with Gasteiger partial charge in [0.25, 0.3) is 0 Å². The van der Waals surface area contributed by atoms with Gasteiger partial charge in [0.05, 0.1) is 18.4 Å². The number of esters is 1. The van der Waals surface area contributed by atoms with Crippen LogP contribution in [-0.4, -0.2) is 18.1 Å². The van der Waals surface area contributed by atoms with E-state index in [1.54, 1.807) is 31.2 Å². The highest BCUT2D eigenvalue weighted by Gasteiger charge is 2.06. The average molecular weight is 275 g/mol. The molecule has 104 valence electrons. The van der Waals surface area contributed by atoms with Gasteiger partial charge in [-0.05, 0) is 30.7 Å². The molecular formula is C15H14FNO3. The maximum absolute atomic E-state index is 13.3. The first-order chi connectivity index (χ1) is 9.60. The minimum atomic E-state index is -0.439. The Bertz CT molecular complexity index is 611. The Morgan fingerprint density at radius 3 is 2.70 bits per heavy atom. The molecule has 4 nitrogen and oxygen atoms in total. The normalized spacial score (nSPS) is 10.2. The summed E-state index contributed by atoms with van der Waals surface area (Å²) in [6.45, 7) is 1.89. The highest BCUT2D eigenvalue weighted by atomic mass is 19.1. The average Bonchev–Trinajstić information content (AvgIpc) is 2.48. The molecule has 0 aliphatic heterocycles. The van der Waals surface area contributed by atoms with Crippen LogP contribution >= 0.6 is 0 Å². The summed E-state index contributed by atoms with van der Waals surface area (Å²) in [6.07, 6.45) is 1.42. The summed E-state index contributed by atoms with van der Waals surface area (Å²) in [5, 5.41) is 0. The van der Waals surface area contributed by atoms with Gasteiger partial charge in [-0.3, -0.25) is 4.98 Å². The molecule has 0 radical (unpaired) electrons. The second-order valence-electron chi connectivity index (χ2n) is 4.23. The fourth-order valence-corrected chi connectivity index (χ4v) is 1.57. The minimum Gasteiger partial charge on any atom is -0.487 e. The van der Waals surface area contributed by atoms with Gasteiger partial charge in [0.1, 0.15) is 18.2 Å². The van der Waals surface area contributed by atoms with E-state index in [4.69, 9.17) is 4.74 Å². The monoisotopic (exact) mass is 275 g/mol. The number of rotatable bonds is 4. The number of benzene rings is 1. The van der Waals surface area contributed by atoms with E-state index < -0.39 is 5.97 Å². The van der Waals surface area contributed by atoms with E-state index in [0.29, 0.717) is 22.6 Å². The van der Waals surface area contributed by atoms with Crippen molar-refractivity contribution in [1.82, 2.24) is 4.98 Å². The second-order valence-corrected chi connectivity index (χ2v) is 4.23. The number of pyridine rings is 1. The maximum Gasteiger partial charge on any atom is 0.339 e. The van der Waals surface area contributed by atoms with E-state index in [-0.39, 0.29) is 12.4 Å². The Morgan fingerprint density at radius 2 is 2.10 bits per heavy atom. The van der Waals surface area contributed by atoms with Crippen LogP contribution in [0, 0.1) is 12.7 Å². The van der Waals surface area contributed by atoms with Crippen molar-refractivity contribution in [3.05, 3.63) is 59.2 Å². The van der Waals surface area contributed by atoms with Crippen LogP contribution in [-0.2, 0) is 11.3 Å². The summed E-state index contributed by atoms with van der Waals surface area (Å²) in [5.41, 5.74) is 1.58. The van der Waals surface area contributed by atoms with Crippen molar-refractivity contribution in [3.8, 4) is 5.75 Å². The zero-order chi connectivity index (χ0) is 14.5. The molecule has 0 unspecified atom stereocenters. The van der Waals surface area contributed by atoms with Crippen molar-refractivity contribution < 1.29 is 18.7 Å². The lowest BCUT2D eigenvalue weighted by Crippen LogP contribution is -2.04. The van der Waals surface area contributed by atoms with Crippen LogP contribution in [0.15, 0.2) is 36.5 Å². The molecule has 0 atom stereocenters. The molecule has 0 aliphatic rings. The van der Waals surface area contributed by atoms with Crippen molar-refractivity contribution in [1.29, 1.82) is 0 Å². The minimum absolute atomic E-state index is 0.198. The summed E-state index contributed by atoms with van der Waals surface area (Å²) in [5.74, 6) is -0.311. The Kier molecular flexibility index (Phi) is 4.30. The van der Waals surface area contributed by atoms with Crippen LogP contribution in [0.4, 0.5) is 4.39 Å². The van der Waals surface area contributed by atoms with E-state index >= 15 is 0 Å². The van der Waals surface area contributed by atoms with Crippen LogP contribution in [0.2, 0.25) is 0 Å². The fraction of sp³-hybridized carbons (Fsp3) is 0.200. The molecule has 1 aromatic carbocycles. The Balaban J connectivity index is 2.00. The van der Waals surface area contributed by atoms with Crippen molar-refractivity contribution >= 4 is 5.97 Å². The van der Waals surface area contributed by atoms with Crippen molar-refractivity contribution in [2.24, 2.45) is 0 Å². The highest BCUT2D eigenvalue weighted by molar-refractivity contribution is 5.88. The van der Waals surface area contributed by atoms with E-state index in [1.807, 2.05) is 0 Å². The molecule has 0 saturated carbocycles. The molecule has 2 aromatic rings. The molecule has 0 amide bonds. The standard InChI is InChI=1S/C15H14FNO3/c1-10-3-6-13(7-14(10)16)20-9-12-5-4-11(8-17-12)15(18)19-2/h3-8H,9H2,1-2H3. The van der Waals surface area contributed by atoms with Crippen LogP contribution in [0.25, 0.3) is 0 Å². The van der Waals surface area contributed by atoms with Gasteiger partial charge in [0.2, 0.25) is 0 Å². The summed E-state index contributed by atoms with van der Waals surface area (Å²) in [7, 11) is 1.31. The molecule has 0 fully saturated rings. The first-order valence-electron chi connectivity index (χ1n) is 6.02. The summed E-state index contributed by atoms with van der Waals surface area (Å²) < 4.78 is 23.4. The third kappa shape index (κ3) is 3.32. The topological polar surface area (TPSA) is 48.4 Å². The zero-order valence-electron chi connectivity index (χ0n) is 11.2. The number of carbonyl (C=O) groups excluding carboxylic acids is 1. The lowest BCUT2D eigenvalue weighted by Gasteiger charge is -2.07. The molecule has 1 heterocycles. The van der Waals surface area contributed by atoms with Gasteiger partial charge in [0.15, 0.2) is 0 Å². The predicted octanol–water partition coefficient (Wildman–Crippen LogP) is 2.89. The molecule has 20 heavy (non-hydrogen) atoms. The quantitative estimate of drug-likeness (QED) is 0.805. The molecule has 0 bridgehead atoms. The van der Waals surface area contributed by atoms with Gasteiger partial charge in [-0.2, -0.15) is 0 Å². The molecule has 0 aliphatic carbocycles. The van der Waals surface area contributed by atoms with Gasteiger partial charge >= 0.3 is 5.97 Å². The number of carbonyl (C=O) groups is 1. The highest BCUT2D eigenvalue weighted by Crippen LogP contribution is 2.17. The van der Waals surface area contributed by atoms with E-state index in [9.17, 15) is 9.18 Å². The van der Waals surface area contributed by atoms with Gasteiger partial charge in [-0.1, -0.05) is 6.07 Å². The molecule has 0 spiro atoms. The molecule has 5 heteroatoms. The number of aromatic nitrogens is 1. The number of hydrogen-bond acceptors (Lipinski definition) is 4. The molecule has 1 aromatic heterocycles. The van der Waals surface area contributed by atoms with Crippen LogP contribution in [0.5, 0.6) is 5.75 Å². The number of hydrogen-bond donors (Lipinski definition) is 0. The predicted molar refractivity (Wildman–Crippen MR) is 71.0 cm³/mol. The lowest BCUT2D eigenvalue weighted by atomic mass is 10.2. The first kappa shape index (κ1) is 14.0. The van der Waals surface area contributed by atoms with Gasteiger partial charge in [0, 0.05) is 12.3 Å². The Hall–Kier alpha value is -2.43. The molecule has 0 saturated heterocycles.